The fourth-order valence-electron chi connectivity index (χ4n) is 2.31. The summed E-state index contributed by atoms with van der Waals surface area (Å²) in [6, 6.07) is 0. The van der Waals surface area contributed by atoms with E-state index in [0.717, 1.165) is 25.9 Å². The molecule has 0 atom stereocenters. The monoisotopic (exact) mass is 301 g/mol. The minimum absolute atomic E-state index is 0.0513. The molecule has 1 saturated heterocycles. The Kier molecular flexibility index (Phi) is 4.08. The highest BCUT2D eigenvalue weighted by atomic mass is 16.5. The molecule has 1 aliphatic rings. The van der Waals surface area contributed by atoms with Crippen molar-refractivity contribution in [2.75, 3.05) is 18.0 Å². The van der Waals surface area contributed by atoms with E-state index in [9.17, 15) is 4.79 Å². The largest absolute Gasteiger partial charge is 0.476 e. The van der Waals surface area contributed by atoms with Gasteiger partial charge in [0.05, 0.1) is 18.6 Å². The normalized spacial score (nSPS) is 15.5. The van der Waals surface area contributed by atoms with Crippen LogP contribution in [0.4, 0.5) is 5.82 Å². The van der Waals surface area contributed by atoms with E-state index in [4.69, 9.17) is 9.84 Å². The molecular formula is C14H15N5O3. The van der Waals surface area contributed by atoms with E-state index in [1.165, 1.54) is 12.4 Å². The number of rotatable bonds is 4. The number of aromatic nitrogens is 4. The van der Waals surface area contributed by atoms with E-state index in [1.54, 1.807) is 18.6 Å². The number of carboxylic acids is 1. The molecule has 22 heavy (non-hydrogen) atoms. The van der Waals surface area contributed by atoms with E-state index in [1.807, 2.05) is 0 Å². The van der Waals surface area contributed by atoms with Gasteiger partial charge in [-0.15, -0.1) is 0 Å². The Balaban J connectivity index is 1.56. The van der Waals surface area contributed by atoms with Gasteiger partial charge < -0.3 is 14.7 Å². The van der Waals surface area contributed by atoms with Gasteiger partial charge in [0.25, 0.3) is 0 Å². The first-order valence-corrected chi connectivity index (χ1v) is 6.95. The maximum atomic E-state index is 10.8. The summed E-state index contributed by atoms with van der Waals surface area (Å²) in [5.74, 6) is 0.143. The highest BCUT2D eigenvalue weighted by Crippen LogP contribution is 2.20. The summed E-state index contributed by atoms with van der Waals surface area (Å²) < 4.78 is 5.78. The Labute approximate surface area is 126 Å². The Morgan fingerprint density at radius 2 is 1.95 bits per heavy atom. The minimum atomic E-state index is -1.07. The second-order valence-corrected chi connectivity index (χ2v) is 4.91. The highest BCUT2D eigenvalue weighted by molar-refractivity contribution is 5.84. The number of hydrogen-bond acceptors (Lipinski definition) is 7. The van der Waals surface area contributed by atoms with Crippen molar-refractivity contribution in [3.05, 3.63) is 36.7 Å². The smallest absolute Gasteiger partial charge is 0.356 e. The second-order valence-electron chi connectivity index (χ2n) is 4.91. The summed E-state index contributed by atoms with van der Waals surface area (Å²) >= 11 is 0. The van der Waals surface area contributed by atoms with Gasteiger partial charge in [-0.1, -0.05) is 0 Å². The molecule has 114 valence electrons. The molecule has 1 aliphatic heterocycles. The molecule has 0 aliphatic carbocycles. The van der Waals surface area contributed by atoms with Crippen molar-refractivity contribution in [3.8, 4) is 5.88 Å². The molecule has 2 aromatic rings. The molecule has 1 fully saturated rings. The lowest BCUT2D eigenvalue weighted by Gasteiger charge is -2.32. The molecule has 3 rings (SSSR count). The van der Waals surface area contributed by atoms with Crippen molar-refractivity contribution in [3.63, 3.8) is 0 Å². The lowest BCUT2D eigenvalue weighted by atomic mass is 10.1. The summed E-state index contributed by atoms with van der Waals surface area (Å²) in [6.45, 7) is 1.54. The lowest BCUT2D eigenvalue weighted by Crippen LogP contribution is -2.38. The van der Waals surface area contributed by atoms with Crippen LogP contribution in [-0.2, 0) is 0 Å². The van der Waals surface area contributed by atoms with Gasteiger partial charge in [-0.05, 0) is 0 Å². The lowest BCUT2D eigenvalue weighted by molar-refractivity contribution is 0.0690. The molecule has 0 radical (unpaired) electrons. The van der Waals surface area contributed by atoms with E-state index in [2.05, 4.69) is 24.8 Å². The molecule has 8 nitrogen and oxygen atoms in total. The first-order valence-electron chi connectivity index (χ1n) is 6.95. The number of hydrogen-bond donors (Lipinski definition) is 1. The van der Waals surface area contributed by atoms with E-state index >= 15 is 0 Å². The second kappa shape index (κ2) is 6.33. The van der Waals surface area contributed by atoms with Crippen LogP contribution in [0.3, 0.4) is 0 Å². The SMILES string of the molecule is O=C(O)c1cnc(N2CCC(Oc3cnccn3)CC2)cn1. The minimum Gasteiger partial charge on any atom is -0.476 e. The van der Waals surface area contributed by atoms with Crippen molar-refractivity contribution >= 4 is 11.8 Å². The quantitative estimate of drug-likeness (QED) is 0.893. The van der Waals surface area contributed by atoms with E-state index < -0.39 is 5.97 Å². The zero-order valence-corrected chi connectivity index (χ0v) is 11.8. The van der Waals surface area contributed by atoms with Crippen molar-refractivity contribution < 1.29 is 14.6 Å². The number of anilines is 1. The molecule has 0 saturated carbocycles. The number of ether oxygens (including phenoxy) is 1. The van der Waals surface area contributed by atoms with Crippen molar-refractivity contribution in [1.82, 2.24) is 19.9 Å². The average molecular weight is 301 g/mol. The zero-order chi connectivity index (χ0) is 15.4. The Hall–Kier alpha value is -2.77. The number of piperidine rings is 1. The van der Waals surface area contributed by atoms with Crippen LogP contribution in [0, 0.1) is 0 Å². The van der Waals surface area contributed by atoms with E-state index in [-0.39, 0.29) is 11.8 Å². The first kappa shape index (κ1) is 14.2. The van der Waals surface area contributed by atoms with Gasteiger partial charge in [0.1, 0.15) is 11.9 Å². The summed E-state index contributed by atoms with van der Waals surface area (Å²) in [7, 11) is 0. The van der Waals surface area contributed by atoms with Crippen LogP contribution in [-0.4, -0.2) is 50.2 Å². The van der Waals surface area contributed by atoms with Gasteiger partial charge in [0, 0.05) is 38.3 Å². The van der Waals surface area contributed by atoms with Gasteiger partial charge >= 0.3 is 5.97 Å². The van der Waals surface area contributed by atoms with Gasteiger partial charge in [-0.3, -0.25) is 4.98 Å². The summed E-state index contributed by atoms with van der Waals surface area (Å²) in [4.78, 5) is 28.9. The van der Waals surface area contributed by atoms with E-state index in [0.29, 0.717) is 11.7 Å². The predicted octanol–water partition coefficient (Wildman–Crippen LogP) is 1.01. The van der Waals surface area contributed by atoms with Crippen LogP contribution in [0.5, 0.6) is 5.88 Å². The van der Waals surface area contributed by atoms with Crippen LogP contribution in [0.15, 0.2) is 31.0 Å². The molecule has 0 aromatic carbocycles. The molecule has 0 spiro atoms. The van der Waals surface area contributed by atoms with Crippen molar-refractivity contribution in [2.45, 2.75) is 18.9 Å². The number of aromatic carboxylic acids is 1. The molecule has 3 heterocycles. The van der Waals surface area contributed by atoms with Crippen molar-refractivity contribution in [1.29, 1.82) is 0 Å². The topological polar surface area (TPSA) is 101 Å². The van der Waals surface area contributed by atoms with Crippen LogP contribution in [0.25, 0.3) is 0 Å². The first-order chi connectivity index (χ1) is 10.7. The molecule has 0 amide bonds. The third-order valence-electron chi connectivity index (χ3n) is 3.45. The maximum Gasteiger partial charge on any atom is 0.356 e. The Bertz CT molecular complexity index is 627. The number of carboxylic acid groups (broad SMARTS) is 1. The predicted molar refractivity (Wildman–Crippen MR) is 76.9 cm³/mol. The van der Waals surface area contributed by atoms with Gasteiger partial charge in [0.2, 0.25) is 5.88 Å². The van der Waals surface area contributed by atoms with Crippen LogP contribution >= 0.6 is 0 Å². The highest BCUT2D eigenvalue weighted by Gasteiger charge is 2.22. The van der Waals surface area contributed by atoms with Crippen LogP contribution < -0.4 is 9.64 Å². The fraction of sp³-hybridized carbons (Fsp3) is 0.357. The number of carbonyl (C=O) groups is 1. The fourth-order valence-corrected chi connectivity index (χ4v) is 2.31. The molecule has 0 bridgehead atoms. The van der Waals surface area contributed by atoms with Gasteiger partial charge in [0.15, 0.2) is 5.69 Å². The molecule has 0 unspecified atom stereocenters. The summed E-state index contributed by atoms with van der Waals surface area (Å²) in [5, 5.41) is 8.82. The van der Waals surface area contributed by atoms with Crippen LogP contribution in [0.1, 0.15) is 23.3 Å². The molecule has 1 N–H and O–H groups in total. The summed E-state index contributed by atoms with van der Waals surface area (Å²) in [5.41, 5.74) is -0.0513. The molecule has 8 heteroatoms. The Morgan fingerprint density at radius 3 is 2.55 bits per heavy atom. The average Bonchev–Trinajstić information content (AvgIpc) is 2.57. The van der Waals surface area contributed by atoms with Crippen LogP contribution in [0.2, 0.25) is 0 Å². The standard InChI is InChI=1S/C14H15N5O3/c20-14(21)11-7-18-12(8-17-11)19-5-1-10(2-6-19)22-13-9-15-3-4-16-13/h3-4,7-10H,1-2,5-6H2,(H,20,21). The Morgan fingerprint density at radius 1 is 1.14 bits per heavy atom. The third-order valence-corrected chi connectivity index (χ3v) is 3.45. The third kappa shape index (κ3) is 3.27. The van der Waals surface area contributed by atoms with Crippen molar-refractivity contribution in [2.24, 2.45) is 0 Å². The summed E-state index contributed by atoms with van der Waals surface area (Å²) in [6.07, 6.45) is 9.34. The number of nitrogens with zero attached hydrogens (tertiary/aromatic N) is 5. The molecule has 2 aromatic heterocycles. The molecular weight excluding hydrogens is 286 g/mol. The zero-order valence-electron chi connectivity index (χ0n) is 11.8. The van der Waals surface area contributed by atoms with Gasteiger partial charge in [-0.25, -0.2) is 19.7 Å². The van der Waals surface area contributed by atoms with Gasteiger partial charge in [-0.2, -0.15) is 0 Å². The maximum absolute atomic E-state index is 10.8.